The number of halogens is 2. The summed E-state index contributed by atoms with van der Waals surface area (Å²) in [4.78, 5) is 14.3. The lowest BCUT2D eigenvalue weighted by molar-refractivity contribution is -0.0190. The summed E-state index contributed by atoms with van der Waals surface area (Å²) in [5.74, 6) is -2.09. The van der Waals surface area contributed by atoms with Crippen molar-refractivity contribution in [2.24, 2.45) is 5.41 Å². The minimum absolute atomic E-state index is 0.00562. The topological polar surface area (TPSA) is 74.6 Å². The van der Waals surface area contributed by atoms with Crippen LogP contribution in [-0.4, -0.2) is 50.4 Å². The molecule has 2 aliphatic rings. The Balaban J connectivity index is 2.28. The Morgan fingerprint density at radius 2 is 1.85 bits per heavy atom. The van der Waals surface area contributed by atoms with Crippen molar-refractivity contribution in [3.8, 4) is 6.07 Å². The van der Waals surface area contributed by atoms with Crippen molar-refractivity contribution in [2.45, 2.75) is 90.3 Å². The normalized spacial score (nSPS) is 23.7. The van der Waals surface area contributed by atoms with Gasteiger partial charge in [-0.1, -0.05) is 32.4 Å². The first-order chi connectivity index (χ1) is 14.9. The third-order valence-electron chi connectivity index (χ3n) is 6.93. The number of nitrogens with zero attached hydrogens (tertiary/aromatic N) is 2. The van der Waals surface area contributed by atoms with E-state index in [9.17, 15) is 10.1 Å². The van der Waals surface area contributed by atoms with Crippen LogP contribution >= 0.6 is 11.6 Å². The Morgan fingerprint density at radius 3 is 2.33 bits per heavy atom. The van der Waals surface area contributed by atoms with E-state index in [0.717, 1.165) is 0 Å². The van der Waals surface area contributed by atoms with Crippen LogP contribution in [0.5, 0.6) is 0 Å². The van der Waals surface area contributed by atoms with Crippen LogP contribution in [0.4, 0.5) is 9.18 Å². The number of piperidine rings is 1. The standard InChI is InChI=1S/C24H39ClFN3O3Si/c1-21(2,3)32-20(30)29-13-10-23(11-14-29,17-31-33(7,8)22(4,5)6)16-24(26)18(15-27)19(25)9-12-28-24/h9,12,28H,10-11,13-14,16-17H2,1-8H3. The van der Waals surface area contributed by atoms with Crippen LogP contribution in [-0.2, 0) is 9.16 Å². The van der Waals surface area contributed by atoms with Gasteiger partial charge in [0.2, 0.25) is 5.79 Å². The predicted molar refractivity (Wildman–Crippen MR) is 132 cm³/mol. The number of hydrogen-bond donors (Lipinski definition) is 1. The highest BCUT2D eigenvalue weighted by atomic mass is 35.5. The highest BCUT2D eigenvalue weighted by Crippen LogP contribution is 2.46. The fraction of sp³-hybridized carbons (Fsp3) is 0.750. The molecule has 1 atom stereocenters. The first-order valence-electron chi connectivity index (χ1n) is 11.5. The number of allylic oxidation sites excluding steroid dienone is 2. The van der Waals surface area contributed by atoms with Crippen LogP contribution in [0.2, 0.25) is 18.1 Å². The van der Waals surface area contributed by atoms with Crippen molar-refractivity contribution in [1.82, 2.24) is 10.2 Å². The summed E-state index contributed by atoms with van der Waals surface area (Å²) < 4.78 is 28.2. The SMILES string of the molecule is CC(C)(C)OC(=O)N1CCC(CO[Si](C)(C)C(C)(C)C)(CC2(F)NC=CC(Cl)=C2C#N)CC1. The maximum absolute atomic E-state index is 16.2. The van der Waals surface area contributed by atoms with Gasteiger partial charge >= 0.3 is 6.09 Å². The summed E-state index contributed by atoms with van der Waals surface area (Å²) in [6.07, 6.45) is 3.67. The van der Waals surface area contributed by atoms with Gasteiger partial charge in [-0.15, -0.1) is 0 Å². The lowest BCUT2D eigenvalue weighted by Gasteiger charge is -2.47. The zero-order valence-corrected chi connectivity index (χ0v) is 23.0. The fourth-order valence-corrected chi connectivity index (χ4v) is 5.16. The summed E-state index contributed by atoms with van der Waals surface area (Å²) in [6, 6.07) is 1.94. The van der Waals surface area contributed by atoms with Crippen molar-refractivity contribution >= 4 is 26.0 Å². The molecule has 0 aromatic rings. The van der Waals surface area contributed by atoms with Gasteiger partial charge in [-0.05, 0) is 57.8 Å². The first kappa shape index (κ1) is 27.7. The number of nitrogens with one attached hydrogen (secondary N) is 1. The van der Waals surface area contributed by atoms with E-state index >= 15 is 4.39 Å². The summed E-state index contributed by atoms with van der Waals surface area (Å²) in [7, 11) is -2.10. The number of carbonyl (C=O) groups excluding carboxylic acids is 1. The van der Waals surface area contributed by atoms with Crippen LogP contribution in [0, 0.1) is 16.7 Å². The molecule has 0 spiro atoms. The molecule has 1 saturated heterocycles. The molecule has 186 valence electrons. The molecule has 1 fully saturated rings. The lowest BCUT2D eigenvalue weighted by Crippen LogP contribution is -2.54. The largest absolute Gasteiger partial charge is 0.444 e. The Morgan fingerprint density at radius 1 is 1.27 bits per heavy atom. The van der Waals surface area contributed by atoms with Gasteiger partial charge in [0.05, 0.1) is 5.03 Å². The third-order valence-corrected chi connectivity index (χ3v) is 11.7. The van der Waals surface area contributed by atoms with Crippen LogP contribution in [0.1, 0.15) is 60.8 Å². The van der Waals surface area contributed by atoms with Gasteiger partial charge in [0.1, 0.15) is 17.2 Å². The molecule has 2 heterocycles. The number of alkyl halides is 1. The molecule has 0 radical (unpaired) electrons. The summed E-state index contributed by atoms with van der Waals surface area (Å²) in [5, 5.41) is 12.4. The number of ether oxygens (including phenoxy) is 1. The van der Waals surface area contributed by atoms with Crippen molar-refractivity contribution in [2.75, 3.05) is 19.7 Å². The second kappa shape index (κ2) is 9.59. The minimum atomic E-state index is -2.10. The first-order valence-corrected chi connectivity index (χ1v) is 14.8. The van der Waals surface area contributed by atoms with Gasteiger partial charge in [-0.25, -0.2) is 9.18 Å². The van der Waals surface area contributed by atoms with Crippen LogP contribution in [0.25, 0.3) is 0 Å². The highest BCUT2D eigenvalue weighted by Gasteiger charge is 2.49. The summed E-state index contributed by atoms with van der Waals surface area (Å²) >= 11 is 6.16. The monoisotopic (exact) mass is 499 g/mol. The van der Waals surface area contributed by atoms with Gasteiger partial charge < -0.3 is 19.4 Å². The van der Waals surface area contributed by atoms with E-state index in [4.69, 9.17) is 20.8 Å². The van der Waals surface area contributed by atoms with Crippen molar-refractivity contribution in [3.63, 3.8) is 0 Å². The van der Waals surface area contributed by atoms with E-state index in [-0.39, 0.29) is 28.2 Å². The number of rotatable bonds is 5. The van der Waals surface area contributed by atoms with Crippen LogP contribution in [0.15, 0.2) is 22.9 Å². The smallest absolute Gasteiger partial charge is 0.410 e. The minimum Gasteiger partial charge on any atom is -0.444 e. The third kappa shape index (κ3) is 6.74. The van der Waals surface area contributed by atoms with E-state index in [2.05, 4.69) is 39.2 Å². The van der Waals surface area contributed by atoms with Crippen molar-refractivity contribution in [1.29, 1.82) is 5.26 Å². The second-order valence-electron chi connectivity index (χ2n) is 11.8. The van der Waals surface area contributed by atoms with E-state index in [1.165, 1.54) is 12.3 Å². The Bertz CT molecular complexity index is 846. The zero-order chi connectivity index (χ0) is 25.3. The van der Waals surface area contributed by atoms with E-state index in [1.807, 2.05) is 26.8 Å². The molecule has 6 nitrogen and oxygen atoms in total. The maximum Gasteiger partial charge on any atom is 0.410 e. The van der Waals surface area contributed by atoms with Gasteiger partial charge in [0.25, 0.3) is 0 Å². The molecule has 9 heteroatoms. The summed E-state index contributed by atoms with van der Waals surface area (Å²) in [5.41, 5.74) is -1.27. The molecule has 2 rings (SSSR count). The second-order valence-corrected chi connectivity index (χ2v) is 17.0. The predicted octanol–water partition coefficient (Wildman–Crippen LogP) is 6.21. The van der Waals surface area contributed by atoms with Gasteiger partial charge in [0, 0.05) is 37.7 Å². The van der Waals surface area contributed by atoms with E-state index < -0.39 is 25.1 Å². The average molecular weight is 500 g/mol. The highest BCUT2D eigenvalue weighted by molar-refractivity contribution is 6.74. The molecular weight excluding hydrogens is 461 g/mol. The molecule has 1 amide bonds. The van der Waals surface area contributed by atoms with Crippen LogP contribution < -0.4 is 5.32 Å². The number of hydrogen-bond acceptors (Lipinski definition) is 5. The van der Waals surface area contributed by atoms with Gasteiger partial charge in [-0.3, -0.25) is 0 Å². The number of likely N-dealkylation sites (tertiary alicyclic amines) is 1. The maximum atomic E-state index is 16.2. The Labute approximate surface area is 204 Å². The number of dihydropyridines is 1. The Kier molecular flexibility index (Phi) is 8.05. The molecule has 1 unspecified atom stereocenters. The van der Waals surface area contributed by atoms with E-state index in [1.54, 1.807) is 4.90 Å². The van der Waals surface area contributed by atoms with E-state index in [0.29, 0.717) is 32.5 Å². The molecular formula is C24H39ClFN3O3Si. The number of amides is 1. The molecule has 0 bridgehead atoms. The molecule has 0 aromatic heterocycles. The summed E-state index contributed by atoms with van der Waals surface area (Å²) in [6.45, 7) is 17.6. The molecule has 33 heavy (non-hydrogen) atoms. The molecule has 0 aliphatic carbocycles. The molecule has 2 aliphatic heterocycles. The molecule has 0 aromatic carbocycles. The Hall–Kier alpha value is -1.56. The lowest BCUT2D eigenvalue weighted by atomic mass is 9.72. The van der Waals surface area contributed by atoms with Crippen molar-refractivity contribution in [3.05, 3.63) is 22.9 Å². The molecule has 0 saturated carbocycles. The van der Waals surface area contributed by atoms with Gasteiger partial charge in [0.15, 0.2) is 8.32 Å². The van der Waals surface area contributed by atoms with Crippen LogP contribution in [0.3, 0.4) is 0 Å². The van der Waals surface area contributed by atoms with Crippen molar-refractivity contribution < 1.29 is 18.3 Å². The zero-order valence-electron chi connectivity index (χ0n) is 21.3. The molecule has 1 N–H and O–H groups in total. The quantitative estimate of drug-likeness (QED) is 0.359. The average Bonchev–Trinajstić information content (AvgIpc) is 2.65. The number of nitriles is 1. The van der Waals surface area contributed by atoms with Gasteiger partial charge in [-0.2, -0.15) is 5.26 Å². The number of carbonyl (C=O) groups is 1. The fourth-order valence-electron chi connectivity index (χ4n) is 3.80.